The van der Waals surface area contributed by atoms with Gasteiger partial charge in [-0.2, -0.15) is 4.68 Å². The van der Waals surface area contributed by atoms with E-state index in [4.69, 9.17) is 21.1 Å². The zero-order valence-electron chi connectivity index (χ0n) is 16.8. The third-order valence-electron chi connectivity index (χ3n) is 4.72. The first-order valence-electron chi connectivity index (χ1n) is 9.33. The van der Waals surface area contributed by atoms with Crippen LogP contribution >= 0.6 is 11.6 Å². The Labute approximate surface area is 182 Å². The number of fused-ring (bicyclic) bond motifs is 1. The van der Waals surface area contributed by atoms with Crippen molar-refractivity contribution in [1.29, 1.82) is 0 Å². The fourth-order valence-corrected chi connectivity index (χ4v) is 3.39. The average molecular weight is 436 g/mol. The number of hydrogen-bond acceptors (Lipinski definition) is 5. The lowest BCUT2D eigenvalue weighted by Gasteiger charge is -2.15. The summed E-state index contributed by atoms with van der Waals surface area (Å²) in [7, 11) is 2.99. The highest BCUT2D eigenvalue weighted by Crippen LogP contribution is 2.28. The molecule has 0 spiro atoms. The quantitative estimate of drug-likeness (QED) is 0.510. The number of halogens is 1. The van der Waals surface area contributed by atoms with Gasteiger partial charge in [0.2, 0.25) is 0 Å². The van der Waals surface area contributed by atoms with Gasteiger partial charge in [0.15, 0.2) is 17.3 Å². The van der Waals surface area contributed by atoms with Gasteiger partial charge in [0, 0.05) is 16.1 Å². The van der Waals surface area contributed by atoms with Gasteiger partial charge < -0.3 is 9.47 Å². The minimum absolute atomic E-state index is 0.264. The van der Waals surface area contributed by atoms with E-state index in [-0.39, 0.29) is 11.4 Å². The summed E-state index contributed by atoms with van der Waals surface area (Å²) in [4.78, 5) is 30.8. The number of rotatable bonds is 5. The van der Waals surface area contributed by atoms with Crippen LogP contribution in [0.25, 0.3) is 22.3 Å². The van der Waals surface area contributed by atoms with Gasteiger partial charge in [-0.05, 0) is 42.5 Å². The molecule has 0 unspecified atom stereocenters. The number of hydrogen-bond donors (Lipinski definition) is 1. The summed E-state index contributed by atoms with van der Waals surface area (Å²) in [6.07, 6.45) is 0. The summed E-state index contributed by atoms with van der Waals surface area (Å²) in [5.74, 6) is 0.640. The summed E-state index contributed by atoms with van der Waals surface area (Å²) in [6.45, 7) is 0. The van der Waals surface area contributed by atoms with Gasteiger partial charge in [0.05, 0.1) is 25.1 Å². The van der Waals surface area contributed by atoms with Crippen molar-refractivity contribution in [3.8, 4) is 22.9 Å². The zero-order valence-corrected chi connectivity index (χ0v) is 17.5. The highest BCUT2D eigenvalue weighted by molar-refractivity contribution is 6.30. The van der Waals surface area contributed by atoms with Gasteiger partial charge in [-0.1, -0.05) is 35.9 Å². The highest BCUT2D eigenvalue weighted by atomic mass is 35.5. The minimum Gasteiger partial charge on any atom is -0.493 e. The number of para-hydroxylation sites is 1. The molecule has 1 aromatic heterocycles. The predicted molar refractivity (Wildman–Crippen MR) is 120 cm³/mol. The van der Waals surface area contributed by atoms with Gasteiger partial charge >= 0.3 is 0 Å². The molecule has 0 radical (unpaired) electrons. The lowest BCUT2D eigenvalue weighted by atomic mass is 10.2. The third-order valence-corrected chi connectivity index (χ3v) is 4.95. The summed E-state index contributed by atoms with van der Waals surface area (Å²) in [5.41, 5.74) is 3.64. The third kappa shape index (κ3) is 3.95. The number of carbonyl (C=O) groups is 1. The van der Waals surface area contributed by atoms with Gasteiger partial charge in [0.25, 0.3) is 11.5 Å². The van der Waals surface area contributed by atoms with Crippen LogP contribution in [0.5, 0.6) is 11.5 Å². The number of carbonyl (C=O) groups excluding carboxylic acids is 1. The van der Waals surface area contributed by atoms with Crippen LogP contribution in [0.1, 0.15) is 10.4 Å². The SMILES string of the molecule is COc1ccc(C(=O)Nn2c(-c3cccc(Cl)c3)nc3ccccc3c2=O)cc1OC. The molecule has 1 N–H and O–H groups in total. The van der Waals surface area contributed by atoms with Crippen molar-refractivity contribution < 1.29 is 14.3 Å². The van der Waals surface area contributed by atoms with E-state index in [1.54, 1.807) is 60.7 Å². The zero-order chi connectivity index (χ0) is 22.0. The monoisotopic (exact) mass is 435 g/mol. The number of ether oxygens (including phenoxy) is 2. The highest BCUT2D eigenvalue weighted by Gasteiger charge is 2.17. The standard InChI is InChI=1S/C23H18ClN3O4/c1-30-19-11-10-15(13-20(19)31-2)22(28)26-27-21(14-6-5-7-16(24)12-14)25-18-9-4-3-8-17(18)23(27)29/h3-13H,1-2H3,(H,26,28). The normalized spacial score (nSPS) is 10.7. The van der Waals surface area contributed by atoms with Gasteiger partial charge in [-0.15, -0.1) is 0 Å². The van der Waals surface area contributed by atoms with Crippen molar-refractivity contribution in [2.24, 2.45) is 0 Å². The van der Waals surface area contributed by atoms with E-state index in [2.05, 4.69) is 10.4 Å². The molecule has 0 bridgehead atoms. The van der Waals surface area contributed by atoms with Crippen LogP contribution in [0.15, 0.2) is 71.5 Å². The Kier molecular flexibility index (Phi) is 5.60. The van der Waals surface area contributed by atoms with Crippen LogP contribution in [0, 0.1) is 0 Å². The van der Waals surface area contributed by atoms with Crippen molar-refractivity contribution >= 4 is 28.4 Å². The van der Waals surface area contributed by atoms with Crippen molar-refractivity contribution in [2.45, 2.75) is 0 Å². The molecule has 8 heteroatoms. The summed E-state index contributed by atoms with van der Waals surface area (Å²) in [6, 6.07) is 18.6. The Bertz CT molecular complexity index is 1350. The molecular weight excluding hydrogens is 418 g/mol. The summed E-state index contributed by atoms with van der Waals surface area (Å²) in [5, 5.41) is 0.860. The molecular formula is C23H18ClN3O4. The molecule has 0 aliphatic heterocycles. The molecule has 0 atom stereocenters. The van der Waals surface area contributed by atoms with E-state index in [1.165, 1.54) is 20.3 Å². The lowest BCUT2D eigenvalue weighted by molar-refractivity contribution is 0.101. The Morgan fingerprint density at radius 1 is 0.968 bits per heavy atom. The Hall–Kier alpha value is -3.84. The molecule has 0 saturated carbocycles. The van der Waals surface area contributed by atoms with Crippen LogP contribution in [-0.2, 0) is 0 Å². The fraction of sp³-hybridized carbons (Fsp3) is 0.0870. The maximum absolute atomic E-state index is 13.2. The second-order valence-corrected chi connectivity index (χ2v) is 7.05. The summed E-state index contributed by atoms with van der Waals surface area (Å²) >= 11 is 6.14. The molecule has 1 amide bonds. The maximum Gasteiger partial charge on any atom is 0.280 e. The lowest BCUT2D eigenvalue weighted by Crippen LogP contribution is -2.35. The average Bonchev–Trinajstić information content (AvgIpc) is 2.80. The van der Waals surface area contributed by atoms with Crippen LogP contribution in [0.3, 0.4) is 0 Å². The largest absolute Gasteiger partial charge is 0.493 e. The molecule has 7 nitrogen and oxygen atoms in total. The Morgan fingerprint density at radius 2 is 1.74 bits per heavy atom. The number of aromatic nitrogens is 2. The number of amides is 1. The molecule has 4 aromatic rings. The molecule has 156 valence electrons. The van der Waals surface area contributed by atoms with Gasteiger partial charge in [-0.25, -0.2) is 4.98 Å². The Balaban J connectivity index is 1.85. The summed E-state index contributed by atoms with van der Waals surface area (Å²) < 4.78 is 11.6. The Morgan fingerprint density at radius 3 is 2.48 bits per heavy atom. The van der Waals surface area contributed by atoms with Crippen molar-refractivity contribution in [3.05, 3.63) is 87.7 Å². The number of benzene rings is 3. The fourth-order valence-electron chi connectivity index (χ4n) is 3.20. The topological polar surface area (TPSA) is 82.5 Å². The molecule has 3 aromatic carbocycles. The minimum atomic E-state index is -0.511. The second kappa shape index (κ2) is 8.49. The molecule has 0 fully saturated rings. The first kappa shape index (κ1) is 20.4. The van der Waals surface area contributed by atoms with Gasteiger partial charge in [-0.3, -0.25) is 15.0 Å². The smallest absolute Gasteiger partial charge is 0.280 e. The van der Waals surface area contributed by atoms with Gasteiger partial charge in [0.1, 0.15) is 0 Å². The van der Waals surface area contributed by atoms with Crippen LogP contribution < -0.4 is 20.5 Å². The second-order valence-electron chi connectivity index (χ2n) is 6.61. The van der Waals surface area contributed by atoms with E-state index in [1.807, 2.05) is 0 Å². The van der Waals surface area contributed by atoms with Crippen LogP contribution in [-0.4, -0.2) is 29.8 Å². The molecule has 1 heterocycles. The molecule has 0 aliphatic rings. The van der Waals surface area contributed by atoms with E-state index in [0.29, 0.717) is 33.0 Å². The van der Waals surface area contributed by atoms with E-state index >= 15 is 0 Å². The predicted octanol–water partition coefficient (Wildman–Crippen LogP) is 4.12. The first-order chi connectivity index (χ1) is 15.0. The molecule has 0 aliphatic carbocycles. The maximum atomic E-state index is 13.2. The van der Waals surface area contributed by atoms with E-state index in [9.17, 15) is 9.59 Å². The molecule has 31 heavy (non-hydrogen) atoms. The number of nitrogens with one attached hydrogen (secondary N) is 1. The molecule has 4 rings (SSSR count). The first-order valence-corrected chi connectivity index (χ1v) is 9.70. The van der Waals surface area contributed by atoms with Crippen LogP contribution in [0.2, 0.25) is 5.02 Å². The van der Waals surface area contributed by atoms with E-state index < -0.39 is 11.5 Å². The number of nitrogens with zero attached hydrogens (tertiary/aromatic N) is 2. The van der Waals surface area contributed by atoms with Crippen molar-refractivity contribution in [3.63, 3.8) is 0 Å². The van der Waals surface area contributed by atoms with E-state index in [0.717, 1.165) is 4.68 Å². The van der Waals surface area contributed by atoms with Crippen molar-refractivity contribution in [1.82, 2.24) is 9.66 Å². The molecule has 0 saturated heterocycles. The van der Waals surface area contributed by atoms with Crippen LogP contribution in [0.4, 0.5) is 0 Å². The number of methoxy groups -OCH3 is 2. The van der Waals surface area contributed by atoms with Crippen molar-refractivity contribution in [2.75, 3.05) is 19.6 Å².